The summed E-state index contributed by atoms with van der Waals surface area (Å²) in [4.78, 5) is 0. The Kier molecular flexibility index (Phi) is 3.24. The smallest absolute Gasteiger partial charge is 0.242 e. The van der Waals surface area contributed by atoms with Crippen molar-refractivity contribution in [3.63, 3.8) is 0 Å². The standard InChI is InChI=1S/C13H17F2N/c14-12(15)9-11-3-1-2-10(8-11)4-5-13(16)6-7-13/h1-3,8,12H,4-7,9,16H2. The maximum absolute atomic E-state index is 12.2. The minimum atomic E-state index is -2.26. The summed E-state index contributed by atoms with van der Waals surface area (Å²) >= 11 is 0. The first-order valence-electron chi connectivity index (χ1n) is 5.72. The number of nitrogens with two attached hydrogens (primary N) is 1. The van der Waals surface area contributed by atoms with Crippen molar-refractivity contribution < 1.29 is 8.78 Å². The Morgan fingerprint density at radius 2 is 1.94 bits per heavy atom. The third kappa shape index (κ3) is 3.27. The molecule has 1 aromatic carbocycles. The van der Waals surface area contributed by atoms with Crippen molar-refractivity contribution in [1.82, 2.24) is 0 Å². The van der Waals surface area contributed by atoms with E-state index in [2.05, 4.69) is 0 Å². The van der Waals surface area contributed by atoms with E-state index in [9.17, 15) is 8.78 Å². The molecule has 0 aliphatic heterocycles. The molecule has 1 nitrogen and oxygen atoms in total. The number of rotatable bonds is 5. The zero-order valence-electron chi connectivity index (χ0n) is 9.26. The van der Waals surface area contributed by atoms with Crippen LogP contribution in [0.3, 0.4) is 0 Å². The second kappa shape index (κ2) is 4.50. The maximum Gasteiger partial charge on any atom is 0.242 e. The van der Waals surface area contributed by atoms with E-state index < -0.39 is 6.43 Å². The van der Waals surface area contributed by atoms with Crippen LogP contribution in [0.2, 0.25) is 0 Å². The van der Waals surface area contributed by atoms with Crippen molar-refractivity contribution >= 4 is 0 Å². The van der Waals surface area contributed by atoms with E-state index in [1.54, 1.807) is 6.07 Å². The predicted molar refractivity (Wildman–Crippen MR) is 60.6 cm³/mol. The molecule has 0 spiro atoms. The lowest BCUT2D eigenvalue weighted by Crippen LogP contribution is -2.22. The molecule has 1 aromatic rings. The highest BCUT2D eigenvalue weighted by Crippen LogP contribution is 2.36. The van der Waals surface area contributed by atoms with Crippen LogP contribution in [0.1, 0.15) is 30.4 Å². The molecule has 88 valence electrons. The van der Waals surface area contributed by atoms with Crippen molar-refractivity contribution in [3.05, 3.63) is 35.4 Å². The van der Waals surface area contributed by atoms with Gasteiger partial charge in [0.1, 0.15) is 0 Å². The van der Waals surface area contributed by atoms with Crippen LogP contribution >= 0.6 is 0 Å². The molecule has 2 rings (SSSR count). The van der Waals surface area contributed by atoms with Crippen molar-refractivity contribution in [3.8, 4) is 0 Å². The van der Waals surface area contributed by atoms with Gasteiger partial charge in [0.2, 0.25) is 6.43 Å². The van der Waals surface area contributed by atoms with E-state index in [1.165, 1.54) is 0 Å². The van der Waals surface area contributed by atoms with Crippen LogP contribution in [0.4, 0.5) is 8.78 Å². The van der Waals surface area contributed by atoms with E-state index >= 15 is 0 Å². The largest absolute Gasteiger partial charge is 0.325 e. The molecule has 1 saturated carbocycles. The van der Waals surface area contributed by atoms with Crippen molar-refractivity contribution in [2.75, 3.05) is 0 Å². The summed E-state index contributed by atoms with van der Waals surface area (Å²) in [6.07, 6.45) is 1.65. The number of halogens is 2. The molecule has 0 atom stereocenters. The molecule has 0 amide bonds. The normalized spacial score (nSPS) is 17.8. The highest BCUT2D eigenvalue weighted by Gasteiger charge is 2.37. The highest BCUT2D eigenvalue weighted by molar-refractivity contribution is 5.24. The van der Waals surface area contributed by atoms with E-state index in [-0.39, 0.29) is 12.0 Å². The fourth-order valence-electron chi connectivity index (χ4n) is 1.89. The Morgan fingerprint density at radius 3 is 2.56 bits per heavy atom. The molecule has 2 N–H and O–H groups in total. The molecule has 16 heavy (non-hydrogen) atoms. The Bertz CT molecular complexity index is 359. The van der Waals surface area contributed by atoms with Crippen molar-refractivity contribution in [1.29, 1.82) is 0 Å². The minimum Gasteiger partial charge on any atom is -0.325 e. The zero-order chi connectivity index (χ0) is 11.6. The second-order valence-electron chi connectivity index (χ2n) is 4.78. The lowest BCUT2D eigenvalue weighted by Gasteiger charge is -2.09. The van der Waals surface area contributed by atoms with Gasteiger partial charge in [0.25, 0.3) is 0 Å². The van der Waals surface area contributed by atoms with E-state index in [0.29, 0.717) is 0 Å². The predicted octanol–water partition coefficient (Wildman–Crippen LogP) is 2.92. The summed E-state index contributed by atoms with van der Waals surface area (Å²) in [6, 6.07) is 7.47. The molecule has 3 heteroatoms. The van der Waals surface area contributed by atoms with Crippen LogP contribution in [-0.4, -0.2) is 12.0 Å². The van der Waals surface area contributed by atoms with Gasteiger partial charge in [0.15, 0.2) is 0 Å². The van der Waals surface area contributed by atoms with Crippen LogP contribution in [0, 0.1) is 0 Å². The van der Waals surface area contributed by atoms with Gasteiger partial charge in [-0.15, -0.1) is 0 Å². The van der Waals surface area contributed by atoms with Crippen LogP contribution in [-0.2, 0) is 12.8 Å². The van der Waals surface area contributed by atoms with Gasteiger partial charge in [0, 0.05) is 12.0 Å². The fourth-order valence-corrected chi connectivity index (χ4v) is 1.89. The maximum atomic E-state index is 12.2. The Morgan fingerprint density at radius 1 is 1.25 bits per heavy atom. The molecule has 0 unspecified atom stereocenters. The molecular weight excluding hydrogens is 208 g/mol. The van der Waals surface area contributed by atoms with Crippen LogP contribution in [0.15, 0.2) is 24.3 Å². The third-order valence-corrected chi connectivity index (χ3v) is 3.19. The minimum absolute atomic E-state index is 0.0404. The molecule has 1 aliphatic carbocycles. The van der Waals surface area contributed by atoms with Crippen molar-refractivity contribution in [2.45, 2.75) is 44.1 Å². The Hall–Kier alpha value is -0.960. The summed E-state index contributed by atoms with van der Waals surface area (Å²) in [5.41, 5.74) is 7.87. The van der Waals surface area contributed by atoms with Crippen molar-refractivity contribution in [2.24, 2.45) is 5.73 Å². The molecule has 0 heterocycles. The second-order valence-corrected chi connectivity index (χ2v) is 4.78. The van der Waals surface area contributed by atoms with Crippen LogP contribution < -0.4 is 5.73 Å². The number of aryl methyl sites for hydroxylation is 1. The zero-order valence-corrected chi connectivity index (χ0v) is 9.26. The van der Waals surface area contributed by atoms with Gasteiger partial charge in [-0.3, -0.25) is 0 Å². The van der Waals surface area contributed by atoms with E-state index in [4.69, 9.17) is 5.73 Å². The third-order valence-electron chi connectivity index (χ3n) is 3.19. The average molecular weight is 225 g/mol. The number of hydrogen-bond acceptors (Lipinski definition) is 1. The van der Waals surface area contributed by atoms with Crippen LogP contribution in [0.5, 0.6) is 0 Å². The summed E-state index contributed by atoms with van der Waals surface area (Å²) in [5.74, 6) is 0. The topological polar surface area (TPSA) is 26.0 Å². The summed E-state index contributed by atoms with van der Waals surface area (Å²) < 4.78 is 24.4. The summed E-state index contributed by atoms with van der Waals surface area (Å²) in [6.45, 7) is 0. The molecule has 0 aromatic heterocycles. The average Bonchev–Trinajstić information content (AvgIpc) is 2.94. The van der Waals surface area contributed by atoms with Gasteiger partial charge in [-0.2, -0.15) is 0 Å². The first kappa shape index (κ1) is 11.5. The SMILES string of the molecule is NC1(CCc2cccc(CC(F)F)c2)CC1. The van der Waals surface area contributed by atoms with Gasteiger partial charge in [-0.1, -0.05) is 24.3 Å². The lowest BCUT2D eigenvalue weighted by molar-refractivity contribution is 0.149. The molecule has 0 bridgehead atoms. The van der Waals surface area contributed by atoms with Gasteiger partial charge in [0.05, 0.1) is 0 Å². The monoisotopic (exact) mass is 225 g/mol. The fraction of sp³-hybridized carbons (Fsp3) is 0.538. The lowest BCUT2D eigenvalue weighted by atomic mass is 10.0. The van der Waals surface area contributed by atoms with Gasteiger partial charge >= 0.3 is 0 Å². The molecule has 0 radical (unpaired) electrons. The first-order chi connectivity index (χ1) is 7.57. The Balaban J connectivity index is 1.93. The van der Waals surface area contributed by atoms with Gasteiger partial charge in [-0.25, -0.2) is 8.78 Å². The first-order valence-corrected chi connectivity index (χ1v) is 5.72. The van der Waals surface area contributed by atoms with E-state index in [1.807, 2.05) is 18.2 Å². The van der Waals surface area contributed by atoms with E-state index in [0.717, 1.165) is 36.8 Å². The molecular formula is C13H17F2N. The quantitative estimate of drug-likeness (QED) is 0.819. The summed E-state index contributed by atoms with van der Waals surface area (Å²) in [7, 11) is 0. The Labute approximate surface area is 94.7 Å². The molecule has 0 saturated heterocycles. The molecule has 1 fully saturated rings. The molecule has 1 aliphatic rings. The van der Waals surface area contributed by atoms with Crippen LogP contribution in [0.25, 0.3) is 0 Å². The number of alkyl halides is 2. The number of benzene rings is 1. The van der Waals surface area contributed by atoms with Gasteiger partial charge in [-0.05, 0) is 36.8 Å². The highest BCUT2D eigenvalue weighted by atomic mass is 19.3. The number of hydrogen-bond donors (Lipinski definition) is 1. The van der Waals surface area contributed by atoms with Gasteiger partial charge < -0.3 is 5.73 Å². The summed E-state index contributed by atoms with van der Waals surface area (Å²) in [5, 5.41) is 0.